The van der Waals surface area contributed by atoms with Crippen molar-refractivity contribution >= 4 is 45.3 Å². The van der Waals surface area contributed by atoms with Crippen molar-refractivity contribution in [3.8, 4) is 5.75 Å². The number of benzene rings is 2. The number of hydrogen-bond acceptors (Lipinski definition) is 3. The van der Waals surface area contributed by atoms with Gasteiger partial charge in [0.25, 0.3) is 0 Å². The predicted octanol–water partition coefficient (Wildman–Crippen LogP) is 5.10. The maximum atomic E-state index is 11.1. The van der Waals surface area contributed by atoms with Crippen molar-refractivity contribution in [2.75, 3.05) is 7.11 Å². The molecule has 2 aromatic carbocycles. The Morgan fingerprint density at radius 1 is 1.33 bits per heavy atom. The fourth-order valence-corrected chi connectivity index (χ4v) is 3.41. The Balaban J connectivity index is 2.16. The standard InChI is InChI=1S/C15H12BrClO3S/c1-20-10-2-4-13(16)9(6-10)8-21-11-3-5-14(17)12(7-11)15(18)19/h2-7H,8H2,1H3,(H,18,19). The summed E-state index contributed by atoms with van der Waals surface area (Å²) in [5.74, 6) is 0.458. The van der Waals surface area contributed by atoms with Crippen LogP contribution in [0.4, 0.5) is 0 Å². The highest BCUT2D eigenvalue weighted by Gasteiger charge is 2.10. The third kappa shape index (κ3) is 4.15. The Labute approximate surface area is 140 Å². The van der Waals surface area contributed by atoms with Crippen molar-refractivity contribution in [3.05, 3.63) is 57.0 Å². The number of carbonyl (C=O) groups is 1. The lowest BCUT2D eigenvalue weighted by molar-refractivity contribution is 0.0697. The smallest absolute Gasteiger partial charge is 0.337 e. The number of methoxy groups -OCH3 is 1. The molecule has 0 aromatic heterocycles. The predicted molar refractivity (Wildman–Crippen MR) is 88.7 cm³/mol. The van der Waals surface area contributed by atoms with E-state index in [4.69, 9.17) is 21.4 Å². The van der Waals surface area contributed by atoms with E-state index in [1.165, 1.54) is 11.8 Å². The molecule has 0 saturated heterocycles. The first-order valence-corrected chi connectivity index (χ1v) is 8.15. The van der Waals surface area contributed by atoms with Gasteiger partial charge in [0, 0.05) is 15.1 Å². The number of halogens is 2. The SMILES string of the molecule is COc1ccc(Br)c(CSc2ccc(Cl)c(C(=O)O)c2)c1. The maximum Gasteiger partial charge on any atom is 0.337 e. The van der Waals surface area contributed by atoms with Gasteiger partial charge in [0.1, 0.15) is 5.75 Å². The molecule has 0 amide bonds. The van der Waals surface area contributed by atoms with Crippen LogP contribution in [0.5, 0.6) is 5.75 Å². The van der Waals surface area contributed by atoms with E-state index in [-0.39, 0.29) is 10.6 Å². The molecule has 0 radical (unpaired) electrons. The second kappa shape index (κ2) is 7.20. The molecular weight excluding hydrogens is 376 g/mol. The van der Waals surface area contributed by atoms with Crippen LogP contribution in [0.3, 0.4) is 0 Å². The highest BCUT2D eigenvalue weighted by atomic mass is 79.9. The molecule has 0 fully saturated rings. The summed E-state index contributed by atoms with van der Waals surface area (Å²) in [4.78, 5) is 11.9. The number of aromatic carboxylic acids is 1. The molecule has 0 unspecified atom stereocenters. The number of carboxylic acid groups (broad SMARTS) is 1. The first kappa shape index (κ1) is 16.2. The van der Waals surface area contributed by atoms with Gasteiger partial charge in [0.2, 0.25) is 0 Å². The van der Waals surface area contributed by atoms with Gasteiger partial charge < -0.3 is 9.84 Å². The van der Waals surface area contributed by atoms with Crippen LogP contribution >= 0.6 is 39.3 Å². The first-order chi connectivity index (χ1) is 10.0. The van der Waals surface area contributed by atoms with Gasteiger partial charge in [-0.2, -0.15) is 0 Å². The van der Waals surface area contributed by atoms with Crippen LogP contribution in [0.15, 0.2) is 45.8 Å². The van der Waals surface area contributed by atoms with Crippen molar-refractivity contribution in [1.82, 2.24) is 0 Å². The lowest BCUT2D eigenvalue weighted by Crippen LogP contribution is -1.97. The summed E-state index contributed by atoms with van der Waals surface area (Å²) < 4.78 is 6.19. The fraction of sp³-hybridized carbons (Fsp3) is 0.133. The fourth-order valence-electron chi connectivity index (χ4n) is 1.71. The van der Waals surface area contributed by atoms with E-state index in [1.807, 2.05) is 24.3 Å². The van der Waals surface area contributed by atoms with E-state index in [1.54, 1.807) is 19.2 Å². The molecule has 0 aliphatic rings. The number of ether oxygens (including phenoxy) is 1. The molecular formula is C15H12BrClO3S. The Hall–Kier alpha value is -1.17. The van der Waals surface area contributed by atoms with E-state index >= 15 is 0 Å². The van der Waals surface area contributed by atoms with Gasteiger partial charge in [-0.05, 0) is 42.0 Å². The second-order valence-corrected chi connectivity index (χ2v) is 6.50. The van der Waals surface area contributed by atoms with Gasteiger partial charge >= 0.3 is 5.97 Å². The van der Waals surface area contributed by atoms with E-state index in [0.29, 0.717) is 5.75 Å². The van der Waals surface area contributed by atoms with Gasteiger partial charge in [0.15, 0.2) is 0 Å². The number of hydrogen-bond donors (Lipinski definition) is 1. The number of carboxylic acids is 1. The van der Waals surface area contributed by atoms with Crippen LogP contribution in [0.25, 0.3) is 0 Å². The van der Waals surface area contributed by atoms with Crippen LogP contribution in [0.2, 0.25) is 5.02 Å². The molecule has 0 bridgehead atoms. The Bertz CT molecular complexity index is 676. The monoisotopic (exact) mass is 386 g/mol. The van der Waals surface area contributed by atoms with Crippen LogP contribution in [-0.4, -0.2) is 18.2 Å². The lowest BCUT2D eigenvalue weighted by Gasteiger charge is -2.08. The van der Waals surface area contributed by atoms with E-state index in [2.05, 4.69) is 15.9 Å². The lowest BCUT2D eigenvalue weighted by atomic mass is 10.2. The third-order valence-electron chi connectivity index (χ3n) is 2.82. The van der Waals surface area contributed by atoms with Crippen LogP contribution in [-0.2, 0) is 5.75 Å². The normalized spacial score (nSPS) is 10.4. The van der Waals surface area contributed by atoms with Crippen molar-refractivity contribution in [3.63, 3.8) is 0 Å². The van der Waals surface area contributed by atoms with Crippen molar-refractivity contribution < 1.29 is 14.6 Å². The van der Waals surface area contributed by atoms with Crippen LogP contribution in [0, 0.1) is 0 Å². The minimum Gasteiger partial charge on any atom is -0.497 e. The summed E-state index contributed by atoms with van der Waals surface area (Å²) in [5, 5.41) is 9.31. The van der Waals surface area contributed by atoms with Gasteiger partial charge in [-0.25, -0.2) is 4.79 Å². The Kier molecular flexibility index (Phi) is 5.56. The zero-order valence-corrected chi connectivity index (χ0v) is 14.3. The van der Waals surface area contributed by atoms with Gasteiger partial charge in [-0.15, -0.1) is 11.8 Å². The molecule has 0 atom stereocenters. The highest BCUT2D eigenvalue weighted by Crippen LogP contribution is 2.31. The average Bonchev–Trinajstić information content (AvgIpc) is 2.47. The summed E-state index contributed by atoms with van der Waals surface area (Å²) >= 11 is 10.9. The molecule has 2 rings (SSSR count). The van der Waals surface area contributed by atoms with E-state index < -0.39 is 5.97 Å². The highest BCUT2D eigenvalue weighted by molar-refractivity contribution is 9.10. The summed E-state index contributed by atoms with van der Waals surface area (Å²) in [6.07, 6.45) is 0. The third-order valence-corrected chi connectivity index (χ3v) is 4.96. The van der Waals surface area contributed by atoms with E-state index in [9.17, 15) is 4.79 Å². The van der Waals surface area contributed by atoms with Crippen LogP contribution < -0.4 is 4.74 Å². The topological polar surface area (TPSA) is 46.5 Å². The summed E-state index contributed by atoms with van der Waals surface area (Å²) in [5.41, 5.74) is 1.19. The zero-order valence-electron chi connectivity index (χ0n) is 11.1. The molecule has 6 heteroatoms. The Morgan fingerprint density at radius 3 is 2.76 bits per heavy atom. The summed E-state index contributed by atoms with van der Waals surface area (Å²) in [6.45, 7) is 0. The molecule has 110 valence electrons. The maximum absolute atomic E-state index is 11.1. The van der Waals surface area contributed by atoms with Crippen molar-refractivity contribution in [1.29, 1.82) is 0 Å². The minimum absolute atomic E-state index is 0.117. The molecule has 0 spiro atoms. The van der Waals surface area contributed by atoms with Crippen molar-refractivity contribution in [2.45, 2.75) is 10.6 Å². The number of rotatable bonds is 5. The molecule has 1 N–H and O–H groups in total. The first-order valence-electron chi connectivity index (χ1n) is 5.99. The van der Waals surface area contributed by atoms with Crippen LogP contribution in [0.1, 0.15) is 15.9 Å². The molecule has 0 aliphatic heterocycles. The second-order valence-electron chi connectivity index (χ2n) is 4.19. The van der Waals surface area contributed by atoms with Gasteiger partial charge in [-0.1, -0.05) is 27.5 Å². The molecule has 0 heterocycles. The summed E-state index contributed by atoms with van der Waals surface area (Å²) in [6, 6.07) is 10.8. The minimum atomic E-state index is -1.02. The average molecular weight is 388 g/mol. The molecule has 21 heavy (non-hydrogen) atoms. The Morgan fingerprint density at radius 2 is 2.10 bits per heavy atom. The van der Waals surface area contributed by atoms with Gasteiger partial charge in [-0.3, -0.25) is 0 Å². The molecule has 0 aliphatic carbocycles. The molecule has 2 aromatic rings. The quantitative estimate of drug-likeness (QED) is 0.725. The summed E-state index contributed by atoms with van der Waals surface area (Å²) in [7, 11) is 1.62. The van der Waals surface area contributed by atoms with Crippen molar-refractivity contribution in [2.24, 2.45) is 0 Å². The molecule has 0 saturated carbocycles. The largest absolute Gasteiger partial charge is 0.497 e. The zero-order chi connectivity index (χ0) is 15.4. The number of thioether (sulfide) groups is 1. The molecule has 3 nitrogen and oxygen atoms in total. The van der Waals surface area contributed by atoms with Gasteiger partial charge in [0.05, 0.1) is 17.7 Å². The van der Waals surface area contributed by atoms with E-state index in [0.717, 1.165) is 20.7 Å².